The van der Waals surface area contributed by atoms with Crippen molar-refractivity contribution >= 4 is 39.6 Å². The van der Waals surface area contributed by atoms with Gasteiger partial charge in [-0.25, -0.2) is 0 Å². The Balaban J connectivity index is 2.11. The van der Waals surface area contributed by atoms with E-state index in [4.69, 9.17) is 18.0 Å². The number of aromatic nitrogens is 2. The number of nitrogens with two attached hydrogens (primary N) is 1. The van der Waals surface area contributed by atoms with E-state index >= 15 is 0 Å². The van der Waals surface area contributed by atoms with Crippen molar-refractivity contribution in [3.8, 4) is 0 Å². The molecule has 1 heterocycles. The summed E-state index contributed by atoms with van der Waals surface area (Å²) >= 11 is 6.36. The summed E-state index contributed by atoms with van der Waals surface area (Å²) in [4.78, 5) is 12.4. The first-order valence-corrected chi connectivity index (χ1v) is 6.58. The molecule has 0 bridgehead atoms. The molecule has 1 fully saturated rings. The van der Waals surface area contributed by atoms with Crippen molar-refractivity contribution in [2.24, 2.45) is 17.1 Å². The van der Waals surface area contributed by atoms with Gasteiger partial charge in [0.05, 0.1) is 10.4 Å². The van der Waals surface area contributed by atoms with Crippen molar-refractivity contribution in [3.63, 3.8) is 0 Å². The second-order valence-electron chi connectivity index (χ2n) is 4.54. The fraction of sp³-hybridized carbons (Fsp3) is 0.600. The third-order valence-corrected chi connectivity index (χ3v) is 4.19. The van der Waals surface area contributed by atoms with Gasteiger partial charge in [0, 0.05) is 0 Å². The number of amides is 1. The monoisotopic (exact) mass is 270 g/mol. The minimum absolute atomic E-state index is 0.153. The molecule has 0 aliphatic heterocycles. The van der Waals surface area contributed by atoms with Crippen LogP contribution in [0.1, 0.15) is 24.8 Å². The number of thiocarbonyl (C=S) groups is 1. The zero-order valence-electron chi connectivity index (χ0n) is 9.69. The summed E-state index contributed by atoms with van der Waals surface area (Å²) < 4.78 is 0. The van der Waals surface area contributed by atoms with E-state index in [-0.39, 0.29) is 10.9 Å². The number of nitrogens with zero attached hydrogens (tertiary/aromatic N) is 2. The number of carbonyl (C=O) groups is 1. The van der Waals surface area contributed by atoms with Gasteiger partial charge in [0.1, 0.15) is 5.01 Å². The Morgan fingerprint density at radius 1 is 1.59 bits per heavy atom. The molecule has 2 rings (SSSR count). The van der Waals surface area contributed by atoms with Crippen LogP contribution in [0.2, 0.25) is 0 Å². The lowest BCUT2D eigenvalue weighted by atomic mass is 9.62. The van der Waals surface area contributed by atoms with Gasteiger partial charge in [-0.3, -0.25) is 10.1 Å². The quantitative estimate of drug-likeness (QED) is 0.813. The third-order valence-electron chi connectivity index (χ3n) is 3.05. The van der Waals surface area contributed by atoms with Gasteiger partial charge in [0.15, 0.2) is 0 Å². The SMILES string of the molecule is Cc1nnc(NC(=O)C2(C(N)=S)CC(C)C2)s1. The summed E-state index contributed by atoms with van der Waals surface area (Å²) in [6.45, 7) is 3.92. The summed E-state index contributed by atoms with van der Waals surface area (Å²) in [6, 6.07) is 0. The Bertz CT molecular complexity index is 465. The molecule has 1 saturated carbocycles. The maximum atomic E-state index is 12.2. The largest absolute Gasteiger partial charge is 0.392 e. The van der Waals surface area contributed by atoms with Crippen LogP contribution in [-0.4, -0.2) is 21.1 Å². The van der Waals surface area contributed by atoms with Gasteiger partial charge in [-0.05, 0) is 25.7 Å². The van der Waals surface area contributed by atoms with Crippen LogP contribution in [0, 0.1) is 18.3 Å². The fourth-order valence-corrected chi connectivity index (χ4v) is 3.04. The lowest BCUT2D eigenvalue weighted by Crippen LogP contribution is -2.53. The topological polar surface area (TPSA) is 80.9 Å². The molecule has 1 aliphatic rings. The molecular formula is C10H14N4OS2. The van der Waals surface area contributed by atoms with Crippen molar-refractivity contribution in [3.05, 3.63) is 5.01 Å². The molecule has 5 nitrogen and oxygen atoms in total. The van der Waals surface area contributed by atoms with E-state index in [9.17, 15) is 4.79 Å². The fourth-order valence-electron chi connectivity index (χ4n) is 2.19. The van der Waals surface area contributed by atoms with Crippen LogP contribution in [0.5, 0.6) is 0 Å². The van der Waals surface area contributed by atoms with E-state index in [2.05, 4.69) is 22.4 Å². The van der Waals surface area contributed by atoms with Gasteiger partial charge >= 0.3 is 0 Å². The normalized spacial score (nSPS) is 27.3. The third kappa shape index (κ3) is 2.16. The van der Waals surface area contributed by atoms with Crippen molar-refractivity contribution < 1.29 is 4.79 Å². The Hall–Kier alpha value is -1.08. The number of rotatable bonds is 3. The zero-order chi connectivity index (χ0) is 12.6. The predicted molar refractivity (Wildman–Crippen MR) is 70.9 cm³/mol. The van der Waals surface area contributed by atoms with E-state index in [1.807, 2.05) is 6.92 Å². The van der Waals surface area contributed by atoms with E-state index < -0.39 is 5.41 Å². The number of carbonyl (C=O) groups excluding carboxylic acids is 1. The van der Waals surface area contributed by atoms with Gasteiger partial charge in [0.2, 0.25) is 11.0 Å². The highest BCUT2D eigenvalue weighted by molar-refractivity contribution is 7.80. The highest BCUT2D eigenvalue weighted by Gasteiger charge is 2.51. The molecule has 17 heavy (non-hydrogen) atoms. The number of hydrogen-bond acceptors (Lipinski definition) is 5. The summed E-state index contributed by atoms with van der Waals surface area (Å²) in [5, 5.41) is 11.8. The van der Waals surface area contributed by atoms with E-state index in [0.717, 1.165) is 5.01 Å². The molecule has 1 amide bonds. The van der Waals surface area contributed by atoms with Gasteiger partial charge in [-0.15, -0.1) is 10.2 Å². The van der Waals surface area contributed by atoms with Crippen molar-refractivity contribution in [2.75, 3.05) is 5.32 Å². The first-order valence-electron chi connectivity index (χ1n) is 5.35. The standard InChI is InChI=1S/C10H14N4OS2/c1-5-3-10(4-5,7(11)16)8(15)12-9-14-13-6(2)17-9/h5H,3-4H2,1-2H3,(H2,11,16)(H,12,14,15). The Labute approximate surface area is 109 Å². The van der Waals surface area contributed by atoms with Crippen LogP contribution in [0.3, 0.4) is 0 Å². The van der Waals surface area contributed by atoms with Crippen LogP contribution in [0.25, 0.3) is 0 Å². The zero-order valence-corrected chi connectivity index (χ0v) is 11.3. The number of anilines is 1. The van der Waals surface area contributed by atoms with Gasteiger partial charge < -0.3 is 5.73 Å². The molecule has 0 spiro atoms. The molecule has 7 heteroatoms. The summed E-state index contributed by atoms with van der Waals surface area (Å²) in [7, 11) is 0. The highest BCUT2D eigenvalue weighted by atomic mass is 32.1. The molecule has 0 atom stereocenters. The first-order chi connectivity index (χ1) is 7.94. The second-order valence-corrected chi connectivity index (χ2v) is 6.16. The molecule has 0 unspecified atom stereocenters. The number of hydrogen-bond donors (Lipinski definition) is 2. The molecule has 1 aliphatic carbocycles. The van der Waals surface area contributed by atoms with E-state index in [1.54, 1.807) is 0 Å². The maximum Gasteiger partial charge on any atom is 0.239 e. The minimum atomic E-state index is -0.686. The van der Waals surface area contributed by atoms with Crippen molar-refractivity contribution in [1.82, 2.24) is 10.2 Å². The van der Waals surface area contributed by atoms with Crippen molar-refractivity contribution in [2.45, 2.75) is 26.7 Å². The smallest absolute Gasteiger partial charge is 0.239 e. The predicted octanol–water partition coefficient (Wildman–Crippen LogP) is 1.49. The summed E-state index contributed by atoms with van der Waals surface area (Å²) in [5.41, 5.74) is 5.01. The minimum Gasteiger partial charge on any atom is -0.392 e. The molecule has 1 aromatic rings. The van der Waals surface area contributed by atoms with Crippen LogP contribution in [0.4, 0.5) is 5.13 Å². The Morgan fingerprint density at radius 2 is 2.24 bits per heavy atom. The molecule has 92 valence electrons. The molecule has 0 saturated heterocycles. The van der Waals surface area contributed by atoms with Gasteiger partial charge in [-0.2, -0.15) is 0 Å². The first kappa shape index (κ1) is 12.4. The van der Waals surface area contributed by atoms with Gasteiger partial charge in [0.25, 0.3) is 0 Å². The summed E-state index contributed by atoms with van der Waals surface area (Å²) in [6.07, 6.45) is 1.43. The number of nitrogens with one attached hydrogen (secondary N) is 1. The average Bonchev–Trinajstić information content (AvgIpc) is 2.58. The van der Waals surface area contributed by atoms with E-state index in [0.29, 0.717) is 23.9 Å². The highest BCUT2D eigenvalue weighted by Crippen LogP contribution is 2.46. The molecular weight excluding hydrogens is 256 g/mol. The average molecular weight is 270 g/mol. The maximum absolute atomic E-state index is 12.2. The van der Waals surface area contributed by atoms with Crippen LogP contribution in [-0.2, 0) is 4.79 Å². The van der Waals surface area contributed by atoms with Crippen LogP contribution in [0.15, 0.2) is 0 Å². The van der Waals surface area contributed by atoms with Crippen molar-refractivity contribution in [1.29, 1.82) is 0 Å². The van der Waals surface area contributed by atoms with Crippen LogP contribution < -0.4 is 11.1 Å². The van der Waals surface area contributed by atoms with Gasteiger partial charge in [-0.1, -0.05) is 30.5 Å². The van der Waals surface area contributed by atoms with E-state index in [1.165, 1.54) is 11.3 Å². The van der Waals surface area contributed by atoms with Crippen LogP contribution >= 0.6 is 23.6 Å². The molecule has 3 N–H and O–H groups in total. The lowest BCUT2D eigenvalue weighted by Gasteiger charge is -2.43. The summed E-state index contributed by atoms with van der Waals surface area (Å²) in [5.74, 6) is 0.331. The molecule has 0 aromatic carbocycles. The Morgan fingerprint density at radius 3 is 2.65 bits per heavy atom. The number of aryl methyl sites for hydroxylation is 1. The second kappa shape index (κ2) is 4.30. The molecule has 0 radical (unpaired) electrons. The Kier molecular flexibility index (Phi) is 3.13. The lowest BCUT2D eigenvalue weighted by molar-refractivity contribution is -0.127. The molecule has 1 aromatic heterocycles.